The molecule has 1 aliphatic heterocycles. The predicted molar refractivity (Wildman–Crippen MR) is 137 cm³/mol. The highest BCUT2D eigenvalue weighted by atomic mass is 32.2. The van der Waals surface area contributed by atoms with Gasteiger partial charge in [0.05, 0.1) is 18.4 Å². The van der Waals surface area contributed by atoms with Crippen LogP contribution in [0.15, 0.2) is 81.0 Å². The summed E-state index contributed by atoms with van der Waals surface area (Å²) in [6.07, 6.45) is 4.37. The minimum Gasteiger partial charge on any atom is -0.497 e. The molecule has 0 atom stereocenters. The first-order valence-corrected chi connectivity index (χ1v) is 12.9. The van der Waals surface area contributed by atoms with Crippen LogP contribution in [0.2, 0.25) is 0 Å². The molecular weight excluding hydrogens is 474 g/mol. The Morgan fingerprint density at radius 2 is 1.78 bits per heavy atom. The Bertz CT molecular complexity index is 1400. The average molecular weight is 500 g/mol. The second kappa shape index (κ2) is 9.70. The van der Waals surface area contributed by atoms with Gasteiger partial charge in [0.25, 0.3) is 11.8 Å². The number of ether oxygens (including phenoxy) is 2. The minimum absolute atomic E-state index is 0.0778. The Kier molecular flexibility index (Phi) is 6.11. The van der Waals surface area contributed by atoms with E-state index in [1.165, 1.54) is 0 Å². The maximum atomic E-state index is 13.6. The molecule has 1 saturated carbocycles. The summed E-state index contributed by atoms with van der Waals surface area (Å²) in [5, 5.41) is 4.18. The molecular formula is C28H25N3O4S. The van der Waals surface area contributed by atoms with Crippen molar-refractivity contribution in [1.29, 1.82) is 0 Å². The zero-order chi connectivity index (χ0) is 24.5. The summed E-state index contributed by atoms with van der Waals surface area (Å²) >= 11 is 1.61. The van der Waals surface area contributed by atoms with Gasteiger partial charge in [-0.2, -0.15) is 4.98 Å². The molecule has 3 aromatic carbocycles. The number of methoxy groups -OCH3 is 1. The number of carbonyl (C=O) groups excluding carboxylic acids is 1. The SMILES string of the molecule is COc1ccc(OCc2nc(-c3ccc4c(c3)Sc3ccccc3C(=O)N4C3CCCC3)no2)cc1. The summed E-state index contributed by atoms with van der Waals surface area (Å²) in [6, 6.07) is 21.4. The van der Waals surface area contributed by atoms with Crippen LogP contribution in [-0.2, 0) is 6.61 Å². The number of anilines is 1. The molecule has 0 N–H and O–H groups in total. The van der Waals surface area contributed by atoms with Crippen molar-refractivity contribution in [1.82, 2.24) is 10.1 Å². The van der Waals surface area contributed by atoms with Crippen molar-refractivity contribution in [3.05, 3.63) is 78.2 Å². The summed E-state index contributed by atoms with van der Waals surface area (Å²) in [5.74, 6) is 2.40. The van der Waals surface area contributed by atoms with Crippen LogP contribution in [0.5, 0.6) is 11.5 Å². The minimum atomic E-state index is 0.0778. The van der Waals surface area contributed by atoms with Crippen molar-refractivity contribution in [2.75, 3.05) is 12.0 Å². The fourth-order valence-corrected chi connectivity index (χ4v) is 5.90. The molecule has 1 aliphatic carbocycles. The number of hydrogen-bond acceptors (Lipinski definition) is 7. The van der Waals surface area contributed by atoms with Crippen LogP contribution in [0.4, 0.5) is 5.69 Å². The Labute approximate surface area is 213 Å². The zero-order valence-corrected chi connectivity index (χ0v) is 20.7. The van der Waals surface area contributed by atoms with Gasteiger partial charge in [0.15, 0.2) is 6.61 Å². The van der Waals surface area contributed by atoms with E-state index in [2.05, 4.69) is 16.2 Å². The zero-order valence-electron chi connectivity index (χ0n) is 19.8. The fourth-order valence-electron chi connectivity index (χ4n) is 4.80. The third kappa shape index (κ3) is 4.33. The molecule has 7 nitrogen and oxygen atoms in total. The van der Waals surface area contributed by atoms with Gasteiger partial charge in [0.1, 0.15) is 11.5 Å². The topological polar surface area (TPSA) is 77.7 Å². The van der Waals surface area contributed by atoms with Crippen LogP contribution < -0.4 is 14.4 Å². The standard InChI is InChI=1S/C28H25N3O4S/c1-33-20-11-13-21(14-12-20)34-17-26-29-27(30-35-26)18-10-15-23-25(16-18)36-24-9-5-4-8-22(24)28(32)31(23)19-6-2-3-7-19/h4-5,8-16,19H,2-3,6-7,17H2,1H3. The van der Waals surface area contributed by atoms with Crippen molar-refractivity contribution in [3.8, 4) is 22.9 Å². The summed E-state index contributed by atoms with van der Waals surface area (Å²) in [5.41, 5.74) is 2.53. The molecule has 0 unspecified atom stereocenters. The van der Waals surface area contributed by atoms with Crippen molar-refractivity contribution in [3.63, 3.8) is 0 Å². The van der Waals surface area contributed by atoms with Gasteiger partial charge in [0, 0.05) is 21.4 Å². The van der Waals surface area contributed by atoms with Gasteiger partial charge in [0.2, 0.25) is 5.82 Å². The lowest BCUT2D eigenvalue weighted by atomic mass is 10.1. The van der Waals surface area contributed by atoms with Crippen molar-refractivity contribution in [2.45, 2.75) is 48.1 Å². The summed E-state index contributed by atoms with van der Waals surface area (Å²) in [4.78, 5) is 22.1. The molecule has 182 valence electrons. The number of aromatic nitrogens is 2. The normalized spacial score (nSPS) is 15.4. The second-order valence-electron chi connectivity index (χ2n) is 8.87. The first kappa shape index (κ1) is 22.7. The molecule has 2 aliphatic rings. The van der Waals surface area contributed by atoms with E-state index in [4.69, 9.17) is 14.0 Å². The first-order chi connectivity index (χ1) is 17.7. The number of rotatable bonds is 6. The first-order valence-electron chi connectivity index (χ1n) is 12.0. The Morgan fingerprint density at radius 3 is 2.58 bits per heavy atom. The molecule has 36 heavy (non-hydrogen) atoms. The van der Waals surface area contributed by atoms with E-state index < -0.39 is 0 Å². The molecule has 1 aromatic heterocycles. The van der Waals surface area contributed by atoms with Gasteiger partial charge in [-0.25, -0.2) is 0 Å². The monoisotopic (exact) mass is 499 g/mol. The van der Waals surface area contributed by atoms with E-state index in [1.807, 2.05) is 65.6 Å². The smallest absolute Gasteiger partial charge is 0.264 e. The molecule has 2 heterocycles. The van der Waals surface area contributed by atoms with Gasteiger partial charge < -0.3 is 18.9 Å². The van der Waals surface area contributed by atoms with Gasteiger partial charge >= 0.3 is 0 Å². The lowest BCUT2D eigenvalue weighted by Crippen LogP contribution is -2.39. The highest BCUT2D eigenvalue weighted by Gasteiger charge is 2.34. The summed E-state index contributed by atoms with van der Waals surface area (Å²) in [6.45, 7) is 0.163. The van der Waals surface area contributed by atoms with Crippen molar-refractivity contribution in [2.24, 2.45) is 0 Å². The molecule has 0 radical (unpaired) electrons. The number of hydrogen-bond donors (Lipinski definition) is 0. The predicted octanol–water partition coefficient (Wildman–Crippen LogP) is 6.38. The molecule has 0 spiro atoms. The lowest BCUT2D eigenvalue weighted by molar-refractivity contribution is 0.0974. The van der Waals surface area contributed by atoms with E-state index in [1.54, 1.807) is 18.9 Å². The lowest BCUT2D eigenvalue weighted by Gasteiger charge is -2.29. The molecule has 6 rings (SSSR count). The van der Waals surface area contributed by atoms with Crippen LogP contribution in [0.1, 0.15) is 41.9 Å². The summed E-state index contributed by atoms with van der Waals surface area (Å²) in [7, 11) is 1.62. The van der Waals surface area contributed by atoms with Crippen LogP contribution >= 0.6 is 11.8 Å². The molecule has 0 saturated heterocycles. The maximum Gasteiger partial charge on any atom is 0.264 e. The van der Waals surface area contributed by atoms with E-state index in [0.717, 1.165) is 58.0 Å². The number of fused-ring (bicyclic) bond motifs is 2. The van der Waals surface area contributed by atoms with E-state index in [0.29, 0.717) is 17.5 Å². The highest BCUT2D eigenvalue weighted by Crippen LogP contribution is 2.45. The van der Waals surface area contributed by atoms with E-state index >= 15 is 0 Å². The van der Waals surface area contributed by atoms with E-state index in [-0.39, 0.29) is 18.6 Å². The molecule has 1 amide bonds. The van der Waals surface area contributed by atoms with Gasteiger partial charge in [-0.1, -0.05) is 41.9 Å². The second-order valence-corrected chi connectivity index (χ2v) is 9.95. The number of nitrogens with zero attached hydrogens (tertiary/aromatic N) is 3. The highest BCUT2D eigenvalue weighted by molar-refractivity contribution is 7.99. The van der Waals surface area contributed by atoms with Crippen LogP contribution in [-0.4, -0.2) is 29.2 Å². The van der Waals surface area contributed by atoms with Crippen molar-refractivity contribution >= 4 is 23.4 Å². The number of benzene rings is 3. The fraction of sp³-hybridized carbons (Fsp3) is 0.250. The van der Waals surface area contributed by atoms with Crippen LogP contribution in [0.3, 0.4) is 0 Å². The Balaban J connectivity index is 1.28. The third-order valence-electron chi connectivity index (χ3n) is 6.61. The third-order valence-corrected chi connectivity index (χ3v) is 7.74. The van der Waals surface area contributed by atoms with Gasteiger partial charge in [-0.05, 0) is 67.4 Å². The maximum absolute atomic E-state index is 13.6. The Morgan fingerprint density at radius 1 is 1.00 bits per heavy atom. The molecule has 0 bridgehead atoms. The largest absolute Gasteiger partial charge is 0.497 e. The van der Waals surface area contributed by atoms with Gasteiger partial charge in [-0.3, -0.25) is 4.79 Å². The number of amides is 1. The molecule has 8 heteroatoms. The Hall–Kier alpha value is -3.78. The average Bonchev–Trinajstić information content (AvgIpc) is 3.60. The van der Waals surface area contributed by atoms with Gasteiger partial charge in [-0.15, -0.1) is 0 Å². The van der Waals surface area contributed by atoms with Crippen molar-refractivity contribution < 1.29 is 18.8 Å². The molecule has 4 aromatic rings. The summed E-state index contributed by atoms with van der Waals surface area (Å²) < 4.78 is 16.4. The van der Waals surface area contributed by atoms with Crippen LogP contribution in [0, 0.1) is 0 Å². The molecule has 1 fully saturated rings. The quantitative estimate of drug-likeness (QED) is 0.305. The number of carbonyl (C=O) groups is 1. The van der Waals surface area contributed by atoms with Crippen LogP contribution in [0.25, 0.3) is 11.4 Å². The van der Waals surface area contributed by atoms with E-state index in [9.17, 15) is 4.79 Å².